The van der Waals surface area contributed by atoms with Crippen molar-refractivity contribution in [2.75, 3.05) is 13.7 Å². The fourth-order valence-electron chi connectivity index (χ4n) is 2.15. The number of hydrogen-bond acceptors (Lipinski definition) is 6. The van der Waals surface area contributed by atoms with Crippen molar-refractivity contribution in [3.63, 3.8) is 0 Å². The number of hydrogen-bond donors (Lipinski definition) is 0. The van der Waals surface area contributed by atoms with E-state index in [1.54, 1.807) is 39.0 Å². The monoisotopic (exact) mass is 306 g/mol. The summed E-state index contributed by atoms with van der Waals surface area (Å²) in [6.45, 7) is 5.30. The van der Waals surface area contributed by atoms with Crippen LogP contribution in [0.1, 0.15) is 30.0 Å². The predicted octanol–water partition coefficient (Wildman–Crippen LogP) is 2.86. The highest BCUT2D eigenvalue weighted by Gasteiger charge is 2.21. The Morgan fingerprint density at radius 3 is 2.68 bits per heavy atom. The van der Waals surface area contributed by atoms with Gasteiger partial charge in [-0.25, -0.2) is 9.59 Å². The molecule has 0 aliphatic carbocycles. The Hall–Kier alpha value is -2.50. The zero-order valence-corrected chi connectivity index (χ0v) is 13.0. The Kier molecular flexibility index (Phi) is 4.70. The molecule has 1 heterocycles. The lowest BCUT2D eigenvalue weighted by molar-refractivity contribution is -0.147. The van der Waals surface area contributed by atoms with Crippen molar-refractivity contribution in [2.45, 2.75) is 26.9 Å². The maximum atomic E-state index is 12.0. The number of fused-ring (bicyclic) bond motifs is 1. The van der Waals surface area contributed by atoms with Crippen LogP contribution in [0, 0.1) is 6.92 Å². The van der Waals surface area contributed by atoms with Gasteiger partial charge in [0.2, 0.25) is 0 Å². The molecule has 2 aromatic rings. The van der Waals surface area contributed by atoms with Crippen molar-refractivity contribution < 1.29 is 28.2 Å². The first-order chi connectivity index (χ1) is 10.5. The van der Waals surface area contributed by atoms with E-state index in [4.69, 9.17) is 13.9 Å². The number of esters is 2. The van der Waals surface area contributed by atoms with Crippen molar-refractivity contribution in [1.82, 2.24) is 0 Å². The van der Waals surface area contributed by atoms with Gasteiger partial charge >= 0.3 is 11.9 Å². The number of carbonyl (C=O) groups is 2. The molecule has 6 heteroatoms. The molecular weight excluding hydrogens is 288 g/mol. The minimum Gasteiger partial charge on any atom is -0.479 e. The summed E-state index contributed by atoms with van der Waals surface area (Å²) >= 11 is 0. The van der Waals surface area contributed by atoms with Crippen LogP contribution < -0.4 is 4.74 Å². The van der Waals surface area contributed by atoms with Crippen LogP contribution in [-0.2, 0) is 14.3 Å². The highest BCUT2D eigenvalue weighted by molar-refractivity contribution is 6.04. The fraction of sp³-hybridized carbons (Fsp3) is 0.375. The Morgan fingerprint density at radius 2 is 2.05 bits per heavy atom. The third-order valence-corrected chi connectivity index (χ3v) is 3.16. The second kappa shape index (κ2) is 6.51. The average molecular weight is 306 g/mol. The topological polar surface area (TPSA) is 75.0 Å². The summed E-state index contributed by atoms with van der Waals surface area (Å²) in [7, 11) is 1.30. The second-order valence-corrected chi connectivity index (χ2v) is 4.69. The van der Waals surface area contributed by atoms with Crippen LogP contribution in [0.4, 0.5) is 0 Å². The normalized spacial score (nSPS) is 12.0. The third kappa shape index (κ3) is 3.05. The number of aryl methyl sites for hydroxylation is 1. The van der Waals surface area contributed by atoms with Gasteiger partial charge in [0.05, 0.1) is 13.7 Å². The third-order valence-electron chi connectivity index (χ3n) is 3.16. The molecule has 0 fully saturated rings. The molecule has 1 atom stereocenters. The lowest BCUT2D eigenvalue weighted by Gasteiger charge is -2.12. The molecule has 1 aromatic heterocycles. The smallest absolute Gasteiger partial charge is 0.346 e. The van der Waals surface area contributed by atoms with Crippen LogP contribution >= 0.6 is 0 Å². The minimum atomic E-state index is -0.749. The Balaban J connectivity index is 2.38. The molecule has 6 nitrogen and oxygen atoms in total. The van der Waals surface area contributed by atoms with Crippen molar-refractivity contribution in [2.24, 2.45) is 0 Å². The van der Waals surface area contributed by atoms with Gasteiger partial charge in [0.1, 0.15) is 22.7 Å². The van der Waals surface area contributed by atoms with Gasteiger partial charge in [-0.3, -0.25) is 0 Å². The van der Waals surface area contributed by atoms with E-state index < -0.39 is 18.0 Å². The van der Waals surface area contributed by atoms with E-state index in [-0.39, 0.29) is 6.61 Å². The maximum absolute atomic E-state index is 12.0. The van der Waals surface area contributed by atoms with Crippen molar-refractivity contribution in [1.29, 1.82) is 0 Å². The van der Waals surface area contributed by atoms with E-state index in [2.05, 4.69) is 4.74 Å². The van der Waals surface area contributed by atoms with Gasteiger partial charge in [0.15, 0.2) is 6.10 Å². The molecule has 118 valence electrons. The molecule has 22 heavy (non-hydrogen) atoms. The van der Waals surface area contributed by atoms with Crippen LogP contribution in [0.3, 0.4) is 0 Å². The van der Waals surface area contributed by atoms with Gasteiger partial charge < -0.3 is 18.6 Å². The van der Waals surface area contributed by atoms with Gasteiger partial charge in [-0.2, -0.15) is 0 Å². The fourth-order valence-corrected chi connectivity index (χ4v) is 2.15. The van der Waals surface area contributed by atoms with Crippen LogP contribution in [0.2, 0.25) is 0 Å². The number of methoxy groups -OCH3 is 1. The highest BCUT2D eigenvalue weighted by Crippen LogP contribution is 2.30. The zero-order chi connectivity index (χ0) is 16.3. The molecule has 2 rings (SSSR count). The van der Waals surface area contributed by atoms with E-state index in [0.29, 0.717) is 28.0 Å². The Morgan fingerprint density at radius 1 is 1.32 bits per heavy atom. The van der Waals surface area contributed by atoms with E-state index in [1.165, 1.54) is 7.11 Å². The lowest BCUT2D eigenvalue weighted by atomic mass is 10.1. The van der Waals surface area contributed by atoms with Crippen LogP contribution in [0.25, 0.3) is 11.0 Å². The van der Waals surface area contributed by atoms with E-state index in [9.17, 15) is 9.59 Å². The van der Waals surface area contributed by atoms with E-state index >= 15 is 0 Å². The van der Waals surface area contributed by atoms with E-state index in [1.807, 2.05) is 0 Å². The van der Waals surface area contributed by atoms with Gasteiger partial charge in [-0.05, 0) is 39.0 Å². The van der Waals surface area contributed by atoms with E-state index in [0.717, 1.165) is 0 Å². The largest absolute Gasteiger partial charge is 0.479 e. The summed E-state index contributed by atoms with van der Waals surface area (Å²) < 4.78 is 20.7. The van der Waals surface area contributed by atoms with Crippen LogP contribution in [0.5, 0.6) is 5.75 Å². The SMILES string of the molecule is CCOC(=O)c1c(C)oc2ccc(OC(C)C(=O)OC)cc12. The maximum Gasteiger partial charge on any atom is 0.346 e. The molecule has 1 unspecified atom stereocenters. The summed E-state index contributed by atoms with van der Waals surface area (Å²) in [6.07, 6.45) is -0.749. The summed E-state index contributed by atoms with van der Waals surface area (Å²) in [5, 5.41) is 0.588. The molecule has 0 saturated heterocycles. The molecule has 0 bridgehead atoms. The predicted molar refractivity (Wildman–Crippen MR) is 79.0 cm³/mol. The first-order valence-corrected chi connectivity index (χ1v) is 6.92. The summed E-state index contributed by atoms with van der Waals surface area (Å²) in [5.41, 5.74) is 0.923. The summed E-state index contributed by atoms with van der Waals surface area (Å²) in [6, 6.07) is 5.00. The highest BCUT2D eigenvalue weighted by atomic mass is 16.6. The average Bonchev–Trinajstić information content (AvgIpc) is 2.81. The van der Waals surface area contributed by atoms with Crippen molar-refractivity contribution in [3.8, 4) is 5.75 Å². The molecule has 0 radical (unpaired) electrons. The standard InChI is InChI=1S/C16H18O6/c1-5-20-16(18)14-9(2)22-13-7-6-11(8-12(13)14)21-10(3)15(17)19-4/h6-8,10H,5H2,1-4H3. The number of furan rings is 1. The van der Waals surface area contributed by atoms with Gasteiger partial charge in [0, 0.05) is 5.39 Å². The second-order valence-electron chi connectivity index (χ2n) is 4.69. The molecule has 0 aliphatic rings. The molecule has 0 saturated carbocycles. The quantitative estimate of drug-likeness (QED) is 0.791. The number of ether oxygens (including phenoxy) is 3. The summed E-state index contributed by atoms with van der Waals surface area (Å²) in [4.78, 5) is 23.4. The van der Waals surface area contributed by atoms with Crippen LogP contribution in [0.15, 0.2) is 22.6 Å². The zero-order valence-electron chi connectivity index (χ0n) is 13.0. The molecule has 0 amide bonds. The Labute approximate surface area is 127 Å². The molecule has 0 N–H and O–H groups in total. The number of rotatable bonds is 5. The van der Waals surface area contributed by atoms with Gasteiger partial charge in [0.25, 0.3) is 0 Å². The van der Waals surface area contributed by atoms with Crippen LogP contribution in [-0.4, -0.2) is 31.8 Å². The van der Waals surface area contributed by atoms with Gasteiger partial charge in [-0.1, -0.05) is 0 Å². The first kappa shape index (κ1) is 15.9. The summed E-state index contributed by atoms with van der Waals surface area (Å²) in [5.74, 6) is -0.00521. The Bertz CT molecular complexity index is 700. The van der Waals surface area contributed by atoms with Crippen molar-refractivity contribution >= 4 is 22.9 Å². The first-order valence-electron chi connectivity index (χ1n) is 6.92. The molecular formula is C16H18O6. The molecule has 0 aliphatic heterocycles. The van der Waals surface area contributed by atoms with Crippen molar-refractivity contribution in [3.05, 3.63) is 29.5 Å². The lowest BCUT2D eigenvalue weighted by Crippen LogP contribution is -2.24. The molecule has 1 aromatic carbocycles. The number of carbonyl (C=O) groups excluding carboxylic acids is 2. The minimum absolute atomic E-state index is 0.278. The van der Waals surface area contributed by atoms with Gasteiger partial charge in [-0.15, -0.1) is 0 Å². The number of benzene rings is 1. The molecule has 0 spiro atoms.